The highest BCUT2D eigenvalue weighted by Crippen LogP contribution is 2.34. The molecule has 1 heterocycles. The number of benzene rings is 1. The molecule has 3 rings (SSSR count). The van der Waals surface area contributed by atoms with Crippen LogP contribution in [0, 0.1) is 5.92 Å². The minimum Gasteiger partial charge on any atom is -0.393 e. The van der Waals surface area contributed by atoms with Gasteiger partial charge in [0.05, 0.1) is 11.7 Å². The van der Waals surface area contributed by atoms with Gasteiger partial charge >= 0.3 is 6.18 Å². The summed E-state index contributed by atoms with van der Waals surface area (Å²) >= 11 is 0. The van der Waals surface area contributed by atoms with Gasteiger partial charge in [0.2, 0.25) is 5.91 Å². The molecule has 1 N–H and O–H groups in total. The van der Waals surface area contributed by atoms with E-state index in [9.17, 15) is 23.1 Å². The van der Waals surface area contributed by atoms with Gasteiger partial charge in [0, 0.05) is 24.9 Å². The number of hydrogen-bond donors (Lipinski definition) is 1. The van der Waals surface area contributed by atoms with Gasteiger partial charge in [-0.3, -0.25) is 4.79 Å². The first kappa shape index (κ1) is 17.3. The van der Waals surface area contributed by atoms with Crippen molar-refractivity contribution in [3.8, 4) is 0 Å². The molecule has 1 amide bonds. The Balaban J connectivity index is 1.60. The molecule has 0 unspecified atom stereocenters. The van der Waals surface area contributed by atoms with Crippen LogP contribution in [0.15, 0.2) is 24.3 Å². The first-order valence-electron chi connectivity index (χ1n) is 8.48. The number of alkyl halides is 3. The third-order valence-electron chi connectivity index (χ3n) is 5.26. The van der Waals surface area contributed by atoms with Gasteiger partial charge in [-0.05, 0) is 49.8 Å². The van der Waals surface area contributed by atoms with Crippen LogP contribution in [-0.2, 0) is 11.0 Å². The highest BCUT2D eigenvalue weighted by atomic mass is 19.4. The van der Waals surface area contributed by atoms with E-state index in [1.54, 1.807) is 0 Å². The fourth-order valence-electron chi connectivity index (χ4n) is 3.76. The lowest BCUT2D eigenvalue weighted by Crippen LogP contribution is -2.36. The topological polar surface area (TPSA) is 40.5 Å². The summed E-state index contributed by atoms with van der Waals surface area (Å²) in [6, 6.07) is 5.28. The third-order valence-corrected chi connectivity index (χ3v) is 5.26. The van der Waals surface area contributed by atoms with Gasteiger partial charge in [0.25, 0.3) is 0 Å². The molecule has 2 fully saturated rings. The van der Waals surface area contributed by atoms with Crippen molar-refractivity contribution in [2.45, 2.75) is 50.3 Å². The second-order valence-electron chi connectivity index (χ2n) is 6.90. The Labute approximate surface area is 139 Å². The molecule has 2 aliphatic rings. The molecule has 0 aromatic heterocycles. The first-order valence-corrected chi connectivity index (χ1v) is 8.48. The number of carbonyl (C=O) groups is 1. The van der Waals surface area contributed by atoms with E-state index in [0.29, 0.717) is 25.9 Å². The normalized spacial score (nSPS) is 28.2. The van der Waals surface area contributed by atoms with Crippen LogP contribution < -0.4 is 0 Å². The van der Waals surface area contributed by atoms with Crippen LogP contribution in [0.2, 0.25) is 0 Å². The maximum Gasteiger partial charge on any atom is 0.416 e. The van der Waals surface area contributed by atoms with Crippen LogP contribution in [0.4, 0.5) is 13.2 Å². The smallest absolute Gasteiger partial charge is 0.393 e. The van der Waals surface area contributed by atoms with Crippen LogP contribution in [-0.4, -0.2) is 35.1 Å². The van der Waals surface area contributed by atoms with E-state index in [2.05, 4.69) is 0 Å². The predicted molar refractivity (Wildman–Crippen MR) is 83.3 cm³/mol. The average Bonchev–Trinajstić information content (AvgIpc) is 3.04. The highest BCUT2D eigenvalue weighted by molar-refractivity contribution is 5.79. The van der Waals surface area contributed by atoms with Gasteiger partial charge in [0.15, 0.2) is 0 Å². The lowest BCUT2D eigenvalue weighted by atomic mass is 9.86. The molecule has 0 bridgehead atoms. The number of aliphatic hydroxyl groups is 1. The molecular formula is C18H22F3NO2. The van der Waals surface area contributed by atoms with E-state index >= 15 is 0 Å². The summed E-state index contributed by atoms with van der Waals surface area (Å²) < 4.78 is 37.9. The number of carbonyl (C=O) groups excluding carboxylic acids is 1. The molecule has 1 aromatic rings. The van der Waals surface area contributed by atoms with Gasteiger partial charge < -0.3 is 10.0 Å². The fourth-order valence-corrected chi connectivity index (χ4v) is 3.76. The number of hydrogen-bond acceptors (Lipinski definition) is 2. The standard InChI is InChI=1S/C18H22F3NO2/c19-18(20,21)15-5-1-12(2-6-15)14-9-10-22(11-14)17(24)13-3-7-16(23)8-4-13/h1-2,5-6,13-14,16,23H,3-4,7-11H2/t13?,14-,16?/m1/s1. The number of likely N-dealkylation sites (tertiary alicyclic amines) is 1. The quantitative estimate of drug-likeness (QED) is 0.893. The Morgan fingerprint density at radius 3 is 2.25 bits per heavy atom. The predicted octanol–water partition coefficient (Wildman–Crippen LogP) is 3.57. The average molecular weight is 341 g/mol. The van der Waals surface area contributed by atoms with Crippen molar-refractivity contribution in [2.75, 3.05) is 13.1 Å². The lowest BCUT2D eigenvalue weighted by molar-refractivity contribution is -0.137. The highest BCUT2D eigenvalue weighted by Gasteiger charge is 2.34. The van der Waals surface area contributed by atoms with Gasteiger partial charge in [0.1, 0.15) is 0 Å². The summed E-state index contributed by atoms with van der Waals surface area (Å²) in [5.41, 5.74) is 0.218. The summed E-state index contributed by atoms with van der Waals surface area (Å²) in [6.45, 7) is 1.23. The number of rotatable bonds is 2. The van der Waals surface area contributed by atoms with Crippen LogP contribution in [0.25, 0.3) is 0 Å². The summed E-state index contributed by atoms with van der Waals surface area (Å²) in [6.07, 6.45) is -1.02. The molecular weight excluding hydrogens is 319 g/mol. The number of aliphatic hydroxyl groups excluding tert-OH is 1. The Morgan fingerprint density at radius 1 is 1.04 bits per heavy atom. The molecule has 1 aliphatic heterocycles. The molecule has 132 valence electrons. The van der Waals surface area contributed by atoms with Crippen LogP contribution >= 0.6 is 0 Å². The van der Waals surface area contributed by atoms with E-state index in [0.717, 1.165) is 37.0 Å². The third kappa shape index (κ3) is 3.74. The van der Waals surface area contributed by atoms with Crippen molar-refractivity contribution in [1.29, 1.82) is 0 Å². The van der Waals surface area contributed by atoms with E-state index < -0.39 is 11.7 Å². The molecule has 6 heteroatoms. The van der Waals surface area contributed by atoms with Gasteiger partial charge in [-0.15, -0.1) is 0 Å². The first-order chi connectivity index (χ1) is 11.3. The Hall–Kier alpha value is -1.56. The Bertz CT molecular complexity index is 577. The minimum atomic E-state index is -4.32. The number of halogens is 3. The molecule has 1 atom stereocenters. The monoisotopic (exact) mass is 341 g/mol. The molecule has 0 spiro atoms. The van der Waals surface area contributed by atoms with Crippen molar-refractivity contribution in [3.63, 3.8) is 0 Å². The minimum absolute atomic E-state index is 0.0141. The summed E-state index contributed by atoms with van der Waals surface area (Å²) in [5.74, 6) is 0.224. The molecule has 3 nitrogen and oxygen atoms in total. The summed E-state index contributed by atoms with van der Waals surface area (Å²) in [4.78, 5) is 14.4. The fraction of sp³-hybridized carbons (Fsp3) is 0.611. The van der Waals surface area contributed by atoms with Gasteiger partial charge in [-0.25, -0.2) is 0 Å². The van der Waals surface area contributed by atoms with E-state index in [4.69, 9.17) is 0 Å². The number of amides is 1. The van der Waals surface area contributed by atoms with Gasteiger partial charge in [-0.2, -0.15) is 13.2 Å². The summed E-state index contributed by atoms with van der Waals surface area (Å²) in [7, 11) is 0. The molecule has 1 aliphatic carbocycles. The zero-order chi connectivity index (χ0) is 17.3. The Kier molecular flexibility index (Phi) is 4.85. The molecule has 24 heavy (non-hydrogen) atoms. The molecule has 1 saturated heterocycles. The van der Waals surface area contributed by atoms with Crippen molar-refractivity contribution in [2.24, 2.45) is 5.92 Å². The SMILES string of the molecule is O=C(C1CCC(O)CC1)N1CC[C@@H](c2ccc(C(F)(F)F)cc2)C1. The maximum absolute atomic E-state index is 12.6. The van der Waals surface area contributed by atoms with Crippen molar-refractivity contribution < 1.29 is 23.1 Å². The molecule has 1 aromatic carbocycles. The Morgan fingerprint density at radius 2 is 1.67 bits per heavy atom. The van der Waals surface area contributed by atoms with Crippen LogP contribution in [0.1, 0.15) is 49.1 Å². The van der Waals surface area contributed by atoms with Crippen molar-refractivity contribution in [3.05, 3.63) is 35.4 Å². The van der Waals surface area contributed by atoms with Crippen molar-refractivity contribution >= 4 is 5.91 Å². The number of nitrogens with zero attached hydrogens (tertiary/aromatic N) is 1. The maximum atomic E-state index is 12.6. The summed E-state index contributed by atoms with van der Waals surface area (Å²) in [5, 5.41) is 9.54. The molecule has 1 saturated carbocycles. The largest absolute Gasteiger partial charge is 0.416 e. The van der Waals surface area contributed by atoms with E-state index in [1.165, 1.54) is 12.1 Å². The van der Waals surface area contributed by atoms with E-state index in [1.807, 2.05) is 4.90 Å². The lowest BCUT2D eigenvalue weighted by Gasteiger charge is -2.28. The van der Waals surface area contributed by atoms with E-state index in [-0.39, 0.29) is 23.8 Å². The zero-order valence-electron chi connectivity index (χ0n) is 13.4. The zero-order valence-corrected chi connectivity index (χ0v) is 13.4. The van der Waals surface area contributed by atoms with Crippen LogP contribution in [0.5, 0.6) is 0 Å². The van der Waals surface area contributed by atoms with Gasteiger partial charge in [-0.1, -0.05) is 12.1 Å². The molecule has 0 radical (unpaired) electrons. The van der Waals surface area contributed by atoms with Crippen molar-refractivity contribution in [1.82, 2.24) is 4.90 Å². The second-order valence-corrected chi connectivity index (χ2v) is 6.90. The second kappa shape index (κ2) is 6.75. The van der Waals surface area contributed by atoms with Crippen LogP contribution in [0.3, 0.4) is 0 Å².